The van der Waals surface area contributed by atoms with Crippen molar-refractivity contribution < 1.29 is 9.47 Å². The van der Waals surface area contributed by atoms with Crippen molar-refractivity contribution in [2.24, 2.45) is 0 Å². The zero-order valence-corrected chi connectivity index (χ0v) is 13.0. The molecule has 5 heteroatoms. The van der Waals surface area contributed by atoms with Crippen LogP contribution in [-0.4, -0.2) is 19.1 Å². The van der Waals surface area contributed by atoms with Crippen LogP contribution in [0.2, 0.25) is 5.02 Å². The molecule has 0 fully saturated rings. The first-order valence-corrected chi connectivity index (χ1v) is 7.17. The number of nitrogens with one attached hydrogen (secondary N) is 1. The number of hydrogen-bond donors (Lipinski definition) is 1. The summed E-state index contributed by atoms with van der Waals surface area (Å²) in [6.45, 7) is 0. The minimum Gasteiger partial charge on any atom is -0.493 e. The van der Waals surface area contributed by atoms with Crippen LogP contribution >= 0.6 is 11.6 Å². The van der Waals surface area contributed by atoms with Gasteiger partial charge < -0.3 is 14.8 Å². The molecule has 4 nitrogen and oxygen atoms in total. The topological polar surface area (TPSA) is 43.4 Å². The number of nitrogens with zero attached hydrogens (tertiary/aromatic N) is 1. The van der Waals surface area contributed by atoms with Gasteiger partial charge in [0.05, 0.1) is 23.8 Å². The highest BCUT2D eigenvalue weighted by molar-refractivity contribution is 6.32. The Labute approximate surface area is 133 Å². The van der Waals surface area contributed by atoms with Gasteiger partial charge in [-0.3, -0.25) is 4.98 Å². The Kier molecular flexibility index (Phi) is 4.02. The summed E-state index contributed by atoms with van der Waals surface area (Å²) in [5, 5.41) is 4.50. The van der Waals surface area contributed by atoms with Crippen LogP contribution in [-0.2, 0) is 0 Å². The molecule has 22 heavy (non-hydrogen) atoms. The van der Waals surface area contributed by atoms with E-state index in [0.717, 1.165) is 16.6 Å². The van der Waals surface area contributed by atoms with E-state index in [1.54, 1.807) is 19.4 Å². The average molecular weight is 315 g/mol. The third kappa shape index (κ3) is 2.78. The fourth-order valence-corrected chi connectivity index (χ4v) is 2.44. The summed E-state index contributed by atoms with van der Waals surface area (Å²) < 4.78 is 11.3. The molecule has 0 atom stereocenters. The van der Waals surface area contributed by atoms with Crippen LogP contribution in [0.15, 0.2) is 48.7 Å². The first kappa shape index (κ1) is 14.5. The second kappa shape index (κ2) is 6.12. The number of anilines is 1. The van der Waals surface area contributed by atoms with E-state index in [0.29, 0.717) is 22.3 Å². The molecule has 0 unspecified atom stereocenters. The van der Waals surface area contributed by atoms with Crippen LogP contribution in [0, 0.1) is 0 Å². The van der Waals surface area contributed by atoms with Gasteiger partial charge in [0.1, 0.15) is 5.75 Å². The lowest BCUT2D eigenvalue weighted by molar-refractivity contribution is 0.379. The highest BCUT2D eigenvalue weighted by atomic mass is 35.5. The molecular weight excluding hydrogens is 300 g/mol. The van der Waals surface area contributed by atoms with Gasteiger partial charge in [0.2, 0.25) is 0 Å². The van der Waals surface area contributed by atoms with E-state index < -0.39 is 0 Å². The molecule has 0 amide bonds. The highest BCUT2D eigenvalue weighted by Gasteiger charge is 2.13. The van der Waals surface area contributed by atoms with Crippen LogP contribution in [0.5, 0.6) is 17.2 Å². The van der Waals surface area contributed by atoms with Gasteiger partial charge in [0.15, 0.2) is 11.5 Å². The van der Waals surface area contributed by atoms with Crippen LogP contribution in [0.4, 0.5) is 5.69 Å². The van der Waals surface area contributed by atoms with E-state index in [1.165, 1.54) is 0 Å². The Balaban J connectivity index is 2.00. The van der Waals surface area contributed by atoms with E-state index in [-0.39, 0.29) is 0 Å². The maximum Gasteiger partial charge on any atom is 0.188 e. The molecule has 0 spiro atoms. The molecule has 0 bridgehead atoms. The molecular formula is C17H15ClN2O2. The molecule has 0 aliphatic rings. The summed E-state index contributed by atoms with van der Waals surface area (Å²) in [7, 11) is 3.40. The van der Waals surface area contributed by atoms with E-state index in [1.807, 2.05) is 43.4 Å². The van der Waals surface area contributed by atoms with Gasteiger partial charge in [-0.05, 0) is 18.2 Å². The average Bonchev–Trinajstić information content (AvgIpc) is 2.56. The van der Waals surface area contributed by atoms with Gasteiger partial charge in [0.25, 0.3) is 0 Å². The molecule has 1 aromatic heterocycles. The lowest BCUT2D eigenvalue weighted by Crippen LogP contribution is -1.95. The number of fused-ring (bicyclic) bond motifs is 1. The van der Waals surface area contributed by atoms with Crippen molar-refractivity contribution in [3.8, 4) is 17.2 Å². The van der Waals surface area contributed by atoms with Crippen molar-refractivity contribution in [2.75, 3.05) is 19.5 Å². The van der Waals surface area contributed by atoms with Crippen LogP contribution < -0.4 is 14.8 Å². The monoisotopic (exact) mass is 314 g/mol. The van der Waals surface area contributed by atoms with Crippen molar-refractivity contribution in [1.82, 2.24) is 4.98 Å². The zero-order chi connectivity index (χ0) is 15.5. The van der Waals surface area contributed by atoms with Crippen molar-refractivity contribution >= 4 is 28.2 Å². The van der Waals surface area contributed by atoms with E-state index >= 15 is 0 Å². The number of ether oxygens (including phenoxy) is 2. The summed E-state index contributed by atoms with van der Waals surface area (Å²) in [4.78, 5) is 4.37. The quantitative estimate of drug-likeness (QED) is 0.756. The number of benzene rings is 2. The van der Waals surface area contributed by atoms with Crippen LogP contribution in [0.3, 0.4) is 0 Å². The third-order valence-corrected chi connectivity index (χ3v) is 3.58. The molecule has 3 aromatic rings. The summed E-state index contributed by atoms with van der Waals surface area (Å²) in [6, 6.07) is 13.4. The van der Waals surface area contributed by atoms with Crippen molar-refractivity contribution in [1.29, 1.82) is 0 Å². The zero-order valence-electron chi connectivity index (χ0n) is 12.3. The van der Waals surface area contributed by atoms with Gasteiger partial charge in [-0.2, -0.15) is 0 Å². The van der Waals surface area contributed by atoms with Gasteiger partial charge in [-0.1, -0.05) is 29.8 Å². The lowest BCUT2D eigenvalue weighted by atomic mass is 10.2. The van der Waals surface area contributed by atoms with Crippen molar-refractivity contribution in [3.63, 3.8) is 0 Å². The predicted octanol–water partition coefficient (Wildman–Crippen LogP) is 4.73. The van der Waals surface area contributed by atoms with Gasteiger partial charge in [-0.15, -0.1) is 0 Å². The van der Waals surface area contributed by atoms with E-state index in [4.69, 9.17) is 21.1 Å². The minimum atomic E-state index is 0.469. The Hall–Kier alpha value is -2.46. The minimum absolute atomic E-state index is 0.469. The fraction of sp³-hybridized carbons (Fsp3) is 0.118. The highest BCUT2D eigenvalue weighted by Crippen LogP contribution is 2.40. The van der Waals surface area contributed by atoms with Gasteiger partial charge in [0, 0.05) is 24.2 Å². The number of pyridine rings is 1. The number of aromatic nitrogens is 1. The maximum atomic E-state index is 6.29. The fourth-order valence-electron chi connectivity index (χ4n) is 2.19. The van der Waals surface area contributed by atoms with Crippen LogP contribution in [0.25, 0.3) is 10.9 Å². The number of halogens is 1. The summed E-state index contributed by atoms with van der Waals surface area (Å²) in [6.07, 6.45) is 1.67. The molecule has 0 aliphatic carbocycles. The molecule has 2 aromatic carbocycles. The Bertz CT molecular complexity index is 821. The standard InChI is InChI=1S/C17H15ClN2O2/c1-19-12-8-14(18)17(16(9-12)21-2)22-13-7-11-5-3-4-6-15(11)20-10-13/h3-10,19H,1-2H3. The summed E-state index contributed by atoms with van der Waals surface area (Å²) >= 11 is 6.29. The molecule has 1 heterocycles. The number of para-hydroxylation sites is 1. The SMILES string of the molecule is CNc1cc(Cl)c(Oc2cnc3ccccc3c2)c(OC)c1. The number of hydrogen-bond acceptors (Lipinski definition) is 4. The Morgan fingerprint density at radius 3 is 2.73 bits per heavy atom. The summed E-state index contributed by atoms with van der Waals surface area (Å²) in [5.74, 6) is 1.64. The van der Waals surface area contributed by atoms with Crippen molar-refractivity contribution in [2.45, 2.75) is 0 Å². The first-order chi connectivity index (χ1) is 10.7. The van der Waals surface area contributed by atoms with Gasteiger partial charge >= 0.3 is 0 Å². The Morgan fingerprint density at radius 1 is 1.14 bits per heavy atom. The number of methoxy groups -OCH3 is 1. The van der Waals surface area contributed by atoms with Gasteiger partial charge in [-0.25, -0.2) is 0 Å². The molecule has 0 saturated heterocycles. The smallest absolute Gasteiger partial charge is 0.188 e. The largest absolute Gasteiger partial charge is 0.493 e. The maximum absolute atomic E-state index is 6.29. The molecule has 1 N–H and O–H groups in total. The second-order valence-corrected chi connectivity index (χ2v) is 5.11. The molecule has 3 rings (SSSR count). The molecule has 112 valence electrons. The van der Waals surface area contributed by atoms with E-state index in [2.05, 4.69) is 10.3 Å². The number of rotatable bonds is 4. The lowest BCUT2D eigenvalue weighted by Gasteiger charge is -2.14. The first-order valence-electron chi connectivity index (χ1n) is 6.79. The third-order valence-electron chi connectivity index (χ3n) is 3.30. The van der Waals surface area contributed by atoms with Crippen LogP contribution in [0.1, 0.15) is 0 Å². The van der Waals surface area contributed by atoms with Crippen molar-refractivity contribution in [3.05, 3.63) is 53.7 Å². The van der Waals surface area contributed by atoms with E-state index in [9.17, 15) is 0 Å². The Morgan fingerprint density at radius 2 is 1.95 bits per heavy atom. The normalized spacial score (nSPS) is 10.5. The second-order valence-electron chi connectivity index (χ2n) is 4.71. The molecule has 0 radical (unpaired) electrons. The summed E-state index contributed by atoms with van der Waals surface area (Å²) in [5.41, 5.74) is 1.77. The molecule has 0 aliphatic heterocycles. The predicted molar refractivity (Wildman–Crippen MR) is 89.4 cm³/mol. The molecule has 0 saturated carbocycles.